The molecule has 0 spiro atoms. The minimum absolute atomic E-state index is 0.0285. The molecule has 0 aliphatic heterocycles. The van der Waals surface area contributed by atoms with Gasteiger partial charge in [0, 0.05) is 25.7 Å². The number of hydrogen-bond donors (Lipinski definition) is 3. The largest absolute Gasteiger partial charge is 0.481 e. The first kappa shape index (κ1) is 28.0. The molecule has 1 amide bonds. The van der Waals surface area contributed by atoms with E-state index in [1.54, 1.807) is 36.4 Å². The number of carbonyl (C=O) groups is 2. The number of aromatic nitrogens is 3. The van der Waals surface area contributed by atoms with Crippen LogP contribution in [0.4, 0.5) is 27.6 Å². The molecule has 0 aliphatic carbocycles. The standard InChI is InChI=1S/C28H29FN6O5/c1-3-18(16-25(36)37)14-15-35(2)24-13-8-21(17-30-24)31-26(38)27-33-34-28(40-27)32-20-6-11-23(12-7-20)39-22-9-4-19(29)5-10-22/h4-13,17-18H,3,14-16H2,1-2H3,(H,31,38)(H,32,34)(H,36,37). The lowest BCUT2D eigenvalue weighted by atomic mass is 9.98. The molecule has 4 aromatic rings. The molecule has 0 aliphatic rings. The maximum Gasteiger partial charge on any atom is 0.320 e. The van der Waals surface area contributed by atoms with Gasteiger partial charge in [0.25, 0.3) is 0 Å². The van der Waals surface area contributed by atoms with Crippen LogP contribution in [-0.2, 0) is 4.79 Å². The summed E-state index contributed by atoms with van der Waals surface area (Å²) >= 11 is 0. The number of benzene rings is 2. The van der Waals surface area contributed by atoms with Gasteiger partial charge in [-0.2, -0.15) is 0 Å². The van der Waals surface area contributed by atoms with E-state index in [-0.39, 0.29) is 30.1 Å². The summed E-state index contributed by atoms with van der Waals surface area (Å²) in [4.78, 5) is 29.9. The van der Waals surface area contributed by atoms with Crippen molar-refractivity contribution < 1.29 is 28.2 Å². The molecule has 1 atom stereocenters. The predicted molar refractivity (Wildman–Crippen MR) is 147 cm³/mol. The molecular formula is C28H29FN6O5. The first-order chi connectivity index (χ1) is 19.3. The normalized spacial score (nSPS) is 11.5. The Morgan fingerprint density at radius 3 is 2.33 bits per heavy atom. The first-order valence-corrected chi connectivity index (χ1v) is 12.6. The van der Waals surface area contributed by atoms with E-state index in [0.29, 0.717) is 35.2 Å². The fourth-order valence-corrected chi connectivity index (χ4v) is 3.79. The third kappa shape index (κ3) is 8.00. The summed E-state index contributed by atoms with van der Waals surface area (Å²) in [5.74, 6) is -0.0996. The molecule has 3 N–H and O–H groups in total. The van der Waals surface area contributed by atoms with Gasteiger partial charge in [-0.1, -0.05) is 18.4 Å². The van der Waals surface area contributed by atoms with E-state index in [1.165, 1.54) is 30.5 Å². The fraction of sp³-hybridized carbons (Fsp3) is 0.250. The second kappa shape index (κ2) is 13.2. The predicted octanol–water partition coefficient (Wildman–Crippen LogP) is 5.72. The average Bonchev–Trinajstić information content (AvgIpc) is 3.42. The molecule has 0 fully saturated rings. The van der Waals surface area contributed by atoms with E-state index in [2.05, 4.69) is 25.8 Å². The zero-order valence-electron chi connectivity index (χ0n) is 22.0. The minimum Gasteiger partial charge on any atom is -0.481 e. The van der Waals surface area contributed by atoms with Gasteiger partial charge >= 0.3 is 23.8 Å². The molecule has 0 saturated heterocycles. The molecular weight excluding hydrogens is 519 g/mol. The lowest BCUT2D eigenvalue weighted by Crippen LogP contribution is -2.23. The summed E-state index contributed by atoms with van der Waals surface area (Å²) in [6.07, 6.45) is 3.20. The van der Waals surface area contributed by atoms with Gasteiger partial charge in [-0.3, -0.25) is 9.59 Å². The third-order valence-corrected chi connectivity index (χ3v) is 6.08. The number of pyridine rings is 1. The molecule has 2 aromatic carbocycles. The van der Waals surface area contributed by atoms with Crippen LogP contribution in [0.2, 0.25) is 0 Å². The number of rotatable bonds is 13. The van der Waals surface area contributed by atoms with E-state index in [1.807, 2.05) is 18.9 Å². The van der Waals surface area contributed by atoms with E-state index in [0.717, 1.165) is 12.8 Å². The molecule has 1 unspecified atom stereocenters. The van der Waals surface area contributed by atoms with Gasteiger partial charge in [-0.15, -0.1) is 5.10 Å². The summed E-state index contributed by atoms with van der Waals surface area (Å²) in [5.41, 5.74) is 1.07. The monoisotopic (exact) mass is 548 g/mol. The van der Waals surface area contributed by atoms with E-state index >= 15 is 0 Å². The zero-order chi connectivity index (χ0) is 28.5. The number of ether oxygens (including phenoxy) is 1. The topological polar surface area (TPSA) is 143 Å². The Hall–Kier alpha value is -5.00. The van der Waals surface area contributed by atoms with Crippen LogP contribution in [-0.4, -0.2) is 45.8 Å². The van der Waals surface area contributed by atoms with Crippen molar-refractivity contribution in [3.05, 3.63) is 78.6 Å². The number of carboxylic acid groups (broad SMARTS) is 1. The van der Waals surface area contributed by atoms with Crippen LogP contribution in [0.15, 0.2) is 71.3 Å². The number of amides is 1. The van der Waals surface area contributed by atoms with Crippen molar-refractivity contribution in [3.63, 3.8) is 0 Å². The first-order valence-electron chi connectivity index (χ1n) is 12.6. The van der Waals surface area contributed by atoms with Gasteiger partial charge in [-0.05, 0) is 73.0 Å². The molecule has 2 aromatic heterocycles. The van der Waals surface area contributed by atoms with E-state index < -0.39 is 11.9 Å². The number of halogens is 1. The lowest BCUT2D eigenvalue weighted by Gasteiger charge is -2.21. The van der Waals surface area contributed by atoms with Crippen LogP contribution in [0.3, 0.4) is 0 Å². The van der Waals surface area contributed by atoms with Crippen molar-refractivity contribution in [2.45, 2.75) is 26.2 Å². The fourth-order valence-electron chi connectivity index (χ4n) is 3.79. The van der Waals surface area contributed by atoms with Crippen molar-refractivity contribution in [3.8, 4) is 11.5 Å². The number of carboxylic acids is 1. The Morgan fingerprint density at radius 2 is 1.70 bits per heavy atom. The number of nitrogens with one attached hydrogen (secondary N) is 2. The van der Waals surface area contributed by atoms with Crippen LogP contribution in [0, 0.1) is 11.7 Å². The van der Waals surface area contributed by atoms with Crippen molar-refractivity contribution in [1.82, 2.24) is 15.2 Å². The van der Waals surface area contributed by atoms with Crippen LogP contribution < -0.4 is 20.3 Å². The Bertz CT molecular complexity index is 1410. The second-order valence-corrected chi connectivity index (χ2v) is 9.06. The van der Waals surface area contributed by atoms with Crippen molar-refractivity contribution in [1.29, 1.82) is 0 Å². The van der Waals surface area contributed by atoms with Crippen LogP contribution >= 0.6 is 0 Å². The molecule has 11 nitrogen and oxygen atoms in total. The number of anilines is 4. The molecule has 12 heteroatoms. The summed E-state index contributed by atoms with van der Waals surface area (Å²) < 4.78 is 24.1. The highest BCUT2D eigenvalue weighted by Gasteiger charge is 2.16. The van der Waals surface area contributed by atoms with Gasteiger partial charge < -0.3 is 29.8 Å². The zero-order valence-corrected chi connectivity index (χ0v) is 22.0. The second-order valence-electron chi connectivity index (χ2n) is 9.06. The highest BCUT2D eigenvalue weighted by atomic mass is 19.1. The Balaban J connectivity index is 1.27. The molecule has 208 valence electrons. The molecule has 0 bridgehead atoms. The van der Waals surface area contributed by atoms with E-state index in [9.17, 15) is 14.0 Å². The molecule has 40 heavy (non-hydrogen) atoms. The van der Waals surface area contributed by atoms with Gasteiger partial charge in [0.2, 0.25) is 0 Å². The molecule has 2 heterocycles. The van der Waals surface area contributed by atoms with Crippen LogP contribution in [0.25, 0.3) is 0 Å². The highest BCUT2D eigenvalue weighted by molar-refractivity contribution is 6.00. The van der Waals surface area contributed by atoms with Gasteiger partial charge in [-0.25, -0.2) is 9.37 Å². The van der Waals surface area contributed by atoms with Gasteiger partial charge in [0.1, 0.15) is 23.1 Å². The minimum atomic E-state index is -0.791. The van der Waals surface area contributed by atoms with Crippen LogP contribution in [0.1, 0.15) is 36.9 Å². The number of hydrogen-bond acceptors (Lipinski definition) is 9. The highest BCUT2D eigenvalue weighted by Crippen LogP contribution is 2.25. The van der Waals surface area contributed by atoms with Gasteiger partial charge in [0.15, 0.2) is 0 Å². The summed E-state index contributed by atoms with van der Waals surface area (Å²) in [5, 5.41) is 22.2. The average molecular weight is 549 g/mol. The Kier molecular flexibility index (Phi) is 9.23. The molecule has 4 rings (SSSR count). The maximum absolute atomic E-state index is 13.0. The summed E-state index contributed by atoms with van der Waals surface area (Å²) in [6.45, 7) is 2.64. The number of nitrogens with zero attached hydrogens (tertiary/aromatic N) is 4. The van der Waals surface area contributed by atoms with E-state index in [4.69, 9.17) is 14.3 Å². The Morgan fingerprint density at radius 1 is 1.02 bits per heavy atom. The van der Waals surface area contributed by atoms with Crippen molar-refractivity contribution in [2.75, 3.05) is 29.1 Å². The summed E-state index contributed by atoms with van der Waals surface area (Å²) in [7, 11) is 1.88. The smallest absolute Gasteiger partial charge is 0.320 e. The lowest BCUT2D eigenvalue weighted by molar-refractivity contribution is -0.138. The third-order valence-electron chi connectivity index (χ3n) is 6.08. The SMILES string of the molecule is CCC(CCN(C)c1ccc(NC(=O)c2nnc(Nc3ccc(Oc4ccc(F)cc4)cc3)o2)cn1)CC(=O)O. The Labute approximate surface area is 230 Å². The van der Waals surface area contributed by atoms with Crippen LogP contribution in [0.5, 0.6) is 11.5 Å². The van der Waals surface area contributed by atoms with Crippen molar-refractivity contribution >= 4 is 35.1 Å². The summed E-state index contributed by atoms with van der Waals surface area (Å²) in [6, 6.07) is 16.1. The molecule has 0 radical (unpaired) electrons. The number of carbonyl (C=O) groups excluding carboxylic acids is 1. The van der Waals surface area contributed by atoms with Crippen molar-refractivity contribution in [2.24, 2.45) is 5.92 Å². The quantitative estimate of drug-likeness (QED) is 0.190. The molecule has 0 saturated carbocycles. The number of aliphatic carboxylic acids is 1. The maximum atomic E-state index is 13.0. The van der Waals surface area contributed by atoms with Gasteiger partial charge in [0.05, 0.1) is 11.9 Å².